The summed E-state index contributed by atoms with van der Waals surface area (Å²) in [5.41, 5.74) is 7.80. The lowest BCUT2D eigenvalue weighted by Gasteiger charge is -2.24. The molecule has 0 aromatic heterocycles. The standard InChI is InChI=1S/C23H29N3O4/c1-15(2)20(23(29)30)26-22(28)19(14-17-11-7-4-8-12-17)25-21(27)18(24)13-16-9-5-3-6-10-16/h3-12,15,18-20H,13-14,24H2,1-2H3,(H,25,27)(H,26,28)(H,29,30)/t18-,19+,20-/m0/s1. The van der Waals surface area contributed by atoms with Crippen LogP contribution in [0.4, 0.5) is 0 Å². The molecule has 0 aliphatic rings. The van der Waals surface area contributed by atoms with Crippen molar-refractivity contribution < 1.29 is 19.5 Å². The highest BCUT2D eigenvalue weighted by molar-refractivity contribution is 5.92. The number of carboxylic acids is 1. The van der Waals surface area contributed by atoms with Crippen LogP contribution in [0.25, 0.3) is 0 Å². The fraction of sp³-hybridized carbons (Fsp3) is 0.348. The van der Waals surface area contributed by atoms with E-state index >= 15 is 0 Å². The van der Waals surface area contributed by atoms with E-state index < -0.39 is 35.9 Å². The van der Waals surface area contributed by atoms with Crippen molar-refractivity contribution in [1.82, 2.24) is 10.6 Å². The van der Waals surface area contributed by atoms with E-state index in [4.69, 9.17) is 5.73 Å². The monoisotopic (exact) mass is 411 g/mol. The molecule has 30 heavy (non-hydrogen) atoms. The molecule has 0 saturated carbocycles. The van der Waals surface area contributed by atoms with E-state index in [1.54, 1.807) is 13.8 Å². The number of carbonyl (C=O) groups excluding carboxylic acids is 2. The lowest BCUT2D eigenvalue weighted by Crippen LogP contribution is -2.56. The molecule has 0 aliphatic heterocycles. The summed E-state index contributed by atoms with van der Waals surface area (Å²) < 4.78 is 0. The highest BCUT2D eigenvalue weighted by Crippen LogP contribution is 2.08. The van der Waals surface area contributed by atoms with Gasteiger partial charge in [0.05, 0.1) is 6.04 Å². The number of benzene rings is 2. The fourth-order valence-electron chi connectivity index (χ4n) is 3.07. The normalized spacial score (nSPS) is 13.9. The number of carbonyl (C=O) groups is 3. The molecule has 0 aliphatic carbocycles. The first kappa shape index (κ1) is 23.1. The van der Waals surface area contributed by atoms with Crippen molar-refractivity contribution in [3.8, 4) is 0 Å². The number of hydrogen-bond donors (Lipinski definition) is 4. The van der Waals surface area contributed by atoms with Gasteiger partial charge in [-0.05, 0) is 23.5 Å². The Morgan fingerprint density at radius 3 is 1.80 bits per heavy atom. The number of nitrogens with two attached hydrogens (primary N) is 1. The summed E-state index contributed by atoms with van der Waals surface area (Å²) in [5, 5.41) is 14.6. The maximum atomic E-state index is 12.9. The molecule has 3 atom stereocenters. The minimum Gasteiger partial charge on any atom is -0.480 e. The first-order valence-corrected chi connectivity index (χ1v) is 9.95. The Balaban J connectivity index is 2.13. The Morgan fingerprint density at radius 1 is 0.833 bits per heavy atom. The van der Waals surface area contributed by atoms with Gasteiger partial charge in [0.15, 0.2) is 0 Å². The number of hydrogen-bond acceptors (Lipinski definition) is 4. The molecule has 0 spiro atoms. The zero-order valence-corrected chi connectivity index (χ0v) is 17.2. The lowest BCUT2D eigenvalue weighted by molar-refractivity contribution is -0.143. The number of nitrogens with one attached hydrogen (secondary N) is 2. The zero-order valence-electron chi connectivity index (χ0n) is 17.2. The van der Waals surface area contributed by atoms with Gasteiger partial charge in [0.2, 0.25) is 11.8 Å². The van der Waals surface area contributed by atoms with Crippen molar-refractivity contribution in [3.63, 3.8) is 0 Å². The van der Waals surface area contributed by atoms with Crippen molar-refractivity contribution >= 4 is 17.8 Å². The van der Waals surface area contributed by atoms with Crippen LogP contribution in [-0.2, 0) is 27.2 Å². The summed E-state index contributed by atoms with van der Waals surface area (Å²) >= 11 is 0. The van der Waals surface area contributed by atoms with Crippen molar-refractivity contribution in [2.75, 3.05) is 0 Å². The molecule has 160 valence electrons. The van der Waals surface area contributed by atoms with E-state index in [0.717, 1.165) is 11.1 Å². The topological polar surface area (TPSA) is 122 Å². The van der Waals surface area contributed by atoms with Gasteiger partial charge in [-0.3, -0.25) is 9.59 Å². The summed E-state index contributed by atoms with van der Waals surface area (Å²) in [6.07, 6.45) is 0.553. The van der Waals surface area contributed by atoms with Crippen LogP contribution in [0.3, 0.4) is 0 Å². The molecule has 0 bridgehead atoms. The van der Waals surface area contributed by atoms with Gasteiger partial charge in [0.1, 0.15) is 12.1 Å². The number of carboxylic acid groups (broad SMARTS) is 1. The molecule has 7 nitrogen and oxygen atoms in total. The van der Waals surface area contributed by atoms with Gasteiger partial charge in [-0.15, -0.1) is 0 Å². The second-order valence-electron chi connectivity index (χ2n) is 7.62. The van der Waals surface area contributed by atoms with Gasteiger partial charge >= 0.3 is 5.97 Å². The van der Waals surface area contributed by atoms with Crippen LogP contribution in [0.1, 0.15) is 25.0 Å². The van der Waals surface area contributed by atoms with Gasteiger partial charge in [0, 0.05) is 6.42 Å². The molecule has 7 heteroatoms. The first-order chi connectivity index (χ1) is 14.3. The zero-order chi connectivity index (χ0) is 22.1. The van der Waals surface area contributed by atoms with E-state index in [-0.39, 0.29) is 12.3 Å². The van der Waals surface area contributed by atoms with Crippen LogP contribution < -0.4 is 16.4 Å². The van der Waals surface area contributed by atoms with Crippen LogP contribution in [0.15, 0.2) is 60.7 Å². The van der Waals surface area contributed by atoms with E-state index in [9.17, 15) is 19.5 Å². The third-order valence-corrected chi connectivity index (χ3v) is 4.78. The SMILES string of the molecule is CC(C)[C@H](NC(=O)[C@@H](Cc1ccccc1)NC(=O)[C@@H](N)Cc1ccccc1)C(=O)O. The summed E-state index contributed by atoms with van der Waals surface area (Å²) in [5.74, 6) is -2.45. The molecular formula is C23H29N3O4. The minimum absolute atomic E-state index is 0.223. The number of rotatable bonds is 10. The maximum absolute atomic E-state index is 12.9. The van der Waals surface area contributed by atoms with Crippen LogP contribution in [0, 0.1) is 5.92 Å². The molecule has 0 heterocycles. The predicted octanol–water partition coefficient (Wildman–Crippen LogP) is 1.51. The summed E-state index contributed by atoms with van der Waals surface area (Å²) in [7, 11) is 0. The van der Waals surface area contributed by atoms with Crippen molar-refractivity contribution in [3.05, 3.63) is 71.8 Å². The van der Waals surface area contributed by atoms with E-state index in [0.29, 0.717) is 6.42 Å². The molecule has 2 aromatic carbocycles. The van der Waals surface area contributed by atoms with Crippen LogP contribution in [0.2, 0.25) is 0 Å². The lowest BCUT2D eigenvalue weighted by atomic mass is 10.0. The summed E-state index contributed by atoms with van der Waals surface area (Å²) in [6, 6.07) is 15.7. The quantitative estimate of drug-likeness (QED) is 0.472. The molecule has 0 radical (unpaired) electrons. The smallest absolute Gasteiger partial charge is 0.326 e. The predicted molar refractivity (Wildman–Crippen MR) is 115 cm³/mol. The molecule has 0 saturated heterocycles. The van der Waals surface area contributed by atoms with Gasteiger partial charge in [0.25, 0.3) is 0 Å². The first-order valence-electron chi connectivity index (χ1n) is 9.95. The largest absolute Gasteiger partial charge is 0.480 e. The average Bonchev–Trinajstić information content (AvgIpc) is 2.72. The molecule has 5 N–H and O–H groups in total. The van der Waals surface area contributed by atoms with Crippen molar-refractivity contribution in [1.29, 1.82) is 0 Å². The van der Waals surface area contributed by atoms with Crippen LogP contribution in [-0.4, -0.2) is 41.0 Å². The Bertz CT molecular complexity index is 840. The Morgan fingerprint density at radius 2 is 1.33 bits per heavy atom. The maximum Gasteiger partial charge on any atom is 0.326 e. The average molecular weight is 412 g/mol. The molecular weight excluding hydrogens is 382 g/mol. The minimum atomic E-state index is -1.12. The van der Waals surface area contributed by atoms with E-state index in [2.05, 4.69) is 10.6 Å². The second kappa shape index (κ2) is 11.1. The van der Waals surface area contributed by atoms with E-state index in [1.165, 1.54) is 0 Å². The highest BCUT2D eigenvalue weighted by atomic mass is 16.4. The number of amides is 2. The fourth-order valence-corrected chi connectivity index (χ4v) is 3.07. The molecule has 2 rings (SSSR count). The van der Waals surface area contributed by atoms with Gasteiger partial charge in [-0.2, -0.15) is 0 Å². The number of aliphatic carboxylic acids is 1. The van der Waals surface area contributed by atoms with Gasteiger partial charge in [-0.1, -0.05) is 74.5 Å². The van der Waals surface area contributed by atoms with Crippen LogP contribution >= 0.6 is 0 Å². The highest BCUT2D eigenvalue weighted by Gasteiger charge is 2.29. The van der Waals surface area contributed by atoms with Crippen molar-refractivity contribution in [2.24, 2.45) is 11.7 Å². The molecule has 0 unspecified atom stereocenters. The van der Waals surface area contributed by atoms with Crippen LogP contribution in [0.5, 0.6) is 0 Å². The summed E-state index contributed by atoms with van der Waals surface area (Å²) in [6.45, 7) is 3.42. The third kappa shape index (κ3) is 7.00. The van der Waals surface area contributed by atoms with Crippen molar-refractivity contribution in [2.45, 2.75) is 44.8 Å². The van der Waals surface area contributed by atoms with Gasteiger partial charge < -0.3 is 21.5 Å². The van der Waals surface area contributed by atoms with Gasteiger partial charge in [-0.25, -0.2) is 4.79 Å². The molecule has 0 fully saturated rings. The Hall–Kier alpha value is -3.19. The Labute approximate surface area is 176 Å². The third-order valence-electron chi connectivity index (χ3n) is 4.78. The molecule has 2 amide bonds. The second-order valence-corrected chi connectivity index (χ2v) is 7.62. The van der Waals surface area contributed by atoms with E-state index in [1.807, 2.05) is 60.7 Å². The Kier molecular flexibility index (Phi) is 8.55. The summed E-state index contributed by atoms with van der Waals surface area (Å²) in [4.78, 5) is 37.0. The molecule has 2 aromatic rings.